The summed E-state index contributed by atoms with van der Waals surface area (Å²) in [6.07, 6.45) is 1.14. The summed E-state index contributed by atoms with van der Waals surface area (Å²) in [7, 11) is 0. The number of carboxylic acid groups (broad SMARTS) is 1. The molecular formula is C17H25NO4. The normalized spacial score (nSPS) is 14.9. The van der Waals surface area contributed by atoms with Crippen LogP contribution < -0.4 is 5.32 Å². The van der Waals surface area contributed by atoms with Gasteiger partial charge in [-0.05, 0) is 24.3 Å². The molecule has 0 fully saturated rings. The van der Waals surface area contributed by atoms with Gasteiger partial charge in [0.15, 0.2) is 0 Å². The second-order valence-electron chi connectivity index (χ2n) is 5.45. The van der Waals surface area contributed by atoms with Crippen molar-refractivity contribution in [1.82, 2.24) is 5.32 Å². The molecule has 1 amide bonds. The van der Waals surface area contributed by atoms with Gasteiger partial charge in [-0.25, -0.2) is 0 Å². The Morgan fingerprint density at radius 2 is 1.86 bits per heavy atom. The molecular weight excluding hydrogens is 282 g/mol. The van der Waals surface area contributed by atoms with E-state index in [9.17, 15) is 14.7 Å². The average Bonchev–Trinajstić information content (AvgIpc) is 2.52. The number of rotatable bonds is 9. The zero-order valence-electron chi connectivity index (χ0n) is 13.2. The molecule has 0 bridgehead atoms. The van der Waals surface area contributed by atoms with Crippen molar-refractivity contribution >= 4 is 11.9 Å². The highest BCUT2D eigenvalue weighted by Crippen LogP contribution is 2.33. The van der Waals surface area contributed by atoms with Gasteiger partial charge >= 0.3 is 5.97 Å². The van der Waals surface area contributed by atoms with Crippen molar-refractivity contribution in [2.24, 2.45) is 11.8 Å². The summed E-state index contributed by atoms with van der Waals surface area (Å²) in [5.74, 6) is -2.81. The van der Waals surface area contributed by atoms with E-state index in [2.05, 4.69) is 5.32 Å². The van der Waals surface area contributed by atoms with Gasteiger partial charge in [-0.2, -0.15) is 0 Å². The number of carbonyl (C=O) groups is 2. The van der Waals surface area contributed by atoms with Gasteiger partial charge in [0.2, 0.25) is 5.91 Å². The summed E-state index contributed by atoms with van der Waals surface area (Å²) in [5, 5.41) is 20.9. The summed E-state index contributed by atoms with van der Waals surface area (Å²) in [4.78, 5) is 23.9. The first kappa shape index (κ1) is 18.2. The van der Waals surface area contributed by atoms with Crippen LogP contribution in [0.5, 0.6) is 0 Å². The first-order valence-corrected chi connectivity index (χ1v) is 7.69. The Morgan fingerprint density at radius 1 is 1.23 bits per heavy atom. The van der Waals surface area contributed by atoms with E-state index in [1.165, 1.54) is 0 Å². The van der Waals surface area contributed by atoms with Gasteiger partial charge in [0.1, 0.15) is 0 Å². The first-order valence-electron chi connectivity index (χ1n) is 7.69. The third kappa shape index (κ3) is 4.84. The number of hydrogen-bond donors (Lipinski definition) is 3. The van der Waals surface area contributed by atoms with E-state index in [-0.39, 0.29) is 18.4 Å². The van der Waals surface area contributed by atoms with E-state index >= 15 is 0 Å². The maximum absolute atomic E-state index is 12.5. The van der Waals surface area contributed by atoms with Crippen molar-refractivity contribution in [3.8, 4) is 0 Å². The van der Waals surface area contributed by atoms with Gasteiger partial charge in [0.25, 0.3) is 0 Å². The van der Waals surface area contributed by atoms with Gasteiger partial charge in [-0.1, -0.05) is 44.2 Å². The quantitative estimate of drug-likeness (QED) is 0.609. The highest BCUT2D eigenvalue weighted by atomic mass is 16.4. The van der Waals surface area contributed by atoms with Crippen molar-refractivity contribution in [3.63, 3.8) is 0 Å². The van der Waals surface area contributed by atoms with Crippen molar-refractivity contribution in [1.29, 1.82) is 0 Å². The van der Waals surface area contributed by atoms with Crippen molar-refractivity contribution in [3.05, 3.63) is 35.9 Å². The number of hydrogen-bond acceptors (Lipinski definition) is 3. The lowest BCUT2D eigenvalue weighted by Gasteiger charge is -2.28. The van der Waals surface area contributed by atoms with Crippen LogP contribution in [0.1, 0.15) is 38.2 Å². The largest absolute Gasteiger partial charge is 0.481 e. The van der Waals surface area contributed by atoms with Crippen LogP contribution in [0.15, 0.2) is 30.3 Å². The van der Waals surface area contributed by atoms with E-state index < -0.39 is 17.8 Å². The molecule has 0 radical (unpaired) electrons. The second-order valence-corrected chi connectivity index (χ2v) is 5.45. The third-order valence-electron chi connectivity index (χ3n) is 3.97. The Kier molecular flexibility index (Phi) is 7.60. The SMILES string of the molecule is CCC(c1ccccc1)C(C(=O)NCCCO)C(C)C(=O)O. The molecule has 5 nitrogen and oxygen atoms in total. The molecule has 1 aromatic carbocycles. The summed E-state index contributed by atoms with van der Waals surface area (Å²) in [6, 6.07) is 9.54. The summed E-state index contributed by atoms with van der Waals surface area (Å²) in [5.41, 5.74) is 0.973. The fourth-order valence-electron chi connectivity index (χ4n) is 2.72. The molecule has 0 aliphatic heterocycles. The molecule has 3 unspecified atom stereocenters. The molecule has 0 saturated heterocycles. The molecule has 122 valence electrons. The lowest BCUT2D eigenvalue weighted by Crippen LogP contribution is -2.40. The van der Waals surface area contributed by atoms with Crippen LogP contribution in [-0.4, -0.2) is 35.2 Å². The van der Waals surface area contributed by atoms with E-state index in [1.54, 1.807) is 6.92 Å². The van der Waals surface area contributed by atoms with Crippen LogP contribution in [-0.2, 0) is 9.59 Å². The fraction of sp³-hybridized carbons (Fsp3) is 0.529. The molecule has 0 aromatic heterocycles. The molecule has 5 heteroatoms. The van der Waals surface area contributed by atoms with Gasteiger partial charge in [0.05, 0.1) is 11.8 Å². The van der Waals surface area contributed by atoms with E-state index in [4.69, 9.17) is 5.11 Å². The molecule has 0 aliphatic rings. The van der Waals surface area contributed by atoms with E-state index in [0.29, 0.717) is 19.4 Å². The Morgan fingerprint density at radius 3 is 2.36 bits per heavy atom. The smallest absolute Gasteiger partial charge is 0.307 e. The second kappa shape index (κ2) is 9.20. The van der Waals surface area contributed by atoms with Crippen molar-refractivity contribution in [2.75, 3.05) is 13.2 Å². The number of aliphatic hydroxyl groups is 1. The Labute approximate surface area is 131 Å². The third-order valence-corrected chi connectivity index (χ3v) is 3.97. The minimum Gasteiger partial charge on any atom is -0.481 e. The van der Waals surface area contributed by atoms with Crippen LogP contribution in [0.2, 0.25) is 0 Å². The zero-order valence-corrected chi connectivity index (χ0v) is 13.2. The number of aliphatic hydroxyl groups excluding tert-OH is 1. The molecule has 0 spiro atoms. The van der Waals surface area contributed by atoms with E-state index in [0.717, 1.165) is 5.56 Å². The molecule has 22 heavy (non-hydrogen) atoms. The van der Waals surface area contributed by atoms with Crippen LogP contribution in [0.3, 0.4) is 0 Å². The molecule has 1 rings (SSSR count). The van der Waals surface area contributed by atoms with Crippen LogP contribution in [0, 0.1) is 11.8 Å². The molecule has 3 atom stereocenters. The monoisotopic (exact) mass is 307 g/mol. The zero-order chi connectivity index (χ0) is 16.5. The van der Waals surface area contributed by atoms with Gasteiger partial charge in [-0.3, -0.25) is 9.59 Å². The Balaban J connectivity index is 3.02. The van der Waals surface area contributed by atoms with Gasteiger partial charge < -0.3 is 15.5 Å². The predicted octanol–water partition coefficient (Wildman–Crippen LogP) is 2.02. The molecule has 1 aromatic rings. The van der Waals surface area contributed by atoms with Crippen molar-refractivity contribution < 1.29 is 19.8 Å². The molecule has 0 heterocycles. The first-order chi connectivity index (χ1) is 10.5. The minimum absolute atomic E-state index is 0.00464. The maximum atomic E-state index is 12.5. The van der Waals surface area contributed by atoms with Crippen LogP contribution in [0.4, 0.5) is 0 Å². The van der Waals surface area contributed by atoms with Crippen molar-refractivity contribution in [2.45, 2.75) is 32.6 Å². The number of carbonyl (C=O) groups excluding carboxylic acids is 1. The highest BCUT2D eigenvalue weighted by Gasteiger charge is 2.36. The Hall–Kier alpha value is -1.88. The van der Waals surface area contributed by atoms with Crippen LogP contribution >= 0.6 is 0 Å². The van der Waals surface area contributed by atoms with E-state index in [1.807, 2.05) is 37.3 Å². The standard InChI is InChI=1S/C17H25NO4/c1-3-14(13-8-5-4-6-9-13)15(12(2)17(21)22)16(20)18-10-7-11-19/h4-6,8-9,12,14-15,19H,3,7,10-11H2,1-2H3,(H,18,20)(H,21,22). The molecule has 0 saturated carbocycles. The lowest BCUT2D eigenvalue weighted by molar-refractivity contribution is -0.147. The Bertz CT molecular complexity index is 475. The molecule has 0 aliphatic carbocycles. The van der Waals surface area contributed by atoms with Gasteiger partial charge in [0, 0.05) is 13.2 Å². The molecule has 3 N–H and O–H groups in total. The number of benzene rings is 1. The summed E-state index contributed by atoms with van der Waals surface area (Å²) < 4.78 is 0. The topological polar surface area (TPSA) is 86.6 Å². The van der Waals surface area contributed by atoms with Crippen LogP contribution in [0.25, 0.3) is 0 Å². The number of amides is 1. The number of carboxylic acids is 1. The number of aliphatic carboxylic acids is 1. The average molecular weight is 307 g/mol. The van der Waals surface area contributed by atoms with Gasteiger partial charge in [-0.15, -0.1) is 0 Å². The summed E-state index contributed by atoms with van der Waals surface area (Å²) in [6.45, 7) is 3.88. The number of nitrogens with one attached hydrogen (secondary N) is 1. The lowest BCUT2D eigenvalue weighted by atomic mass is 9.76. The summed E-state index contributed by atoms with van der Waals surface area (Å²) >= 11 is 0. The minimum atomic E-state index is -0.975. The highest BCUT2D eigenvalue weighted by molar-refractivity contribution is 5.85. The fourth-order valence-corrected chi connectivity index (χ4v) is 2.72. The maximum Gasteiger partial charge on any atom is 0.307 e. The predicted molar refractivity (Wildman–Crippen MR) is 84.5 cm³/mol.